The lowest BCUT2D eigenvalue weighted by molar-refractivity contribution is 0.110. The molecule has 0 heterocycles. The van der Waals surface area contributed by atoms with Crippen LogP contribution in [0.4, 0.5) is 0 Å². The number of hydrogen-bond acceptors (Lipinski definition) is 2. The number of aliphatic hydroxyl groups excluding tert-OH is 1. The Hall–Kier alpha value is -0.340. The summed E-state index contributed by atoms with van der Waals surface area (Å²) in [6.07, 6.45) is 7.20. The van der Waals surface area contributed by atoms with E-state index in [0.29, 0.717) is 12.5 Å². The van der Waals surface area contributed by atoms with E-state index >= 15 is 0 Å². The van der Waals surface area contributed by atoms with Crippen LogP contribution in [-0.4, -0.2) is 17.8 Å². The van der Waals surface area contributed by atoms with Crippen molar-refractivity contribution in [1.29, 1.82) is 0 Å². The molecular formula is C8H15NO. The van der Waals surface area contributed by atoms with Crippen LogP contribution in [0.25, 0.3) is 0 Å². The second kappa shape index (κ2) is 3.74. The van der Waals surface area contributed by atoms with Gasteiger partial charge in [-0.25, -0.2) is 0 Å². The third-order valence-electron chi connectivity index (χ3n) is 2.10. The Labute approximate surface area is 61.7 Å². The molecule has 2 heteroatoms. The second-order valence-corrected chi connectivity index (χ2v) is 2.85. The SMILES string of the molecule is NC[C@@H](O)C1CC=CCC1. The molecule has 2 atom stereocenters. The van der Waals surface area contributed by atoms with E-state index in [4.69, 9.17) is 5.73 Å². The van der Waals surface area contributed by atoms with Crippen LogP contribution in [0.15, 0.2) is 12.2 Å². The predicted molar refractivity (Wildman–Crippen MR) is 41.5 cm³/mol. The van der Waals surface area contributed by atoms with Crippen molar-refractivity contribution in [2.24, 2.45) is 11.7 Å². The molecule has 0 aromatic rings. The van der Waals surface area contributed by atoms with Gasteiger partial charge in [-0.2, -0.15) is 0 Å². The molecule has 0 fully saturated rings. The van der Waals surface area contributed by atoms with Crippen LogP contribution in [0.3, 0.4) is 0 Å². The van der Waals surface area contributed by atoms with Crippen LogP contribution in [0.5, 0.6) is 0 Å². The number of allylic oxidation sites excluding steroid dienone is 2. The van der Waals surface area contributed by atoms with Crippen LogP contribution < -0.4 is 5.73 Å². The van der Waals surface area contributed by atoms with Crippen LogP contribution in [-0.2, 0) is 0 Å². The van der Waals surface area contributed by atoms with Crippen molar-refractivity contribution < 1.29 is 5.11 Å². The number of nitrogens with two attached hydrogens (primary N) is 1. The first-order chi connectivity index (χ1) is 4.84. The van der Waals surface area contributed by atoms with Gasteiger partial charge in [-0.3, -0.25) is 0 Å². The Kier molecular flexibility index (Phi) is 2.90. The highest BCUT2D eigenvalue weighted by molar-refractivity contribution is 4.92. The molecule has 0 amide bonds. The van der Waals surface area contributed by atoms with Crippen molar-refractivity contribution >= 4 is 0 Å². The molecule has 10 heavy (non-hydrogen) atoms. The van der Waals surface area contributed by atoms with Gasteiger partial charge in [0.1, 0.15) is 0 Å². The van der Waals surface area contributed by atoms with E-state index in [1.807, 2.05) is 0 Å². The minimum Gasteiger partial charge on any atom is -0.392 e. The van der Waals surface area contributed by atoms with Crippen LogP contribution in [0, 0.1) is 5.92 Å². The second-order valence-electron chi connectivity index (χ2n) is 2.85. The standard InChI is InChI=1S/C8H15NO/c9-6-8(10)7-4-2-1-3-5-7/h1-2,7-8,10H,3-6,9H2/t7?,8-/m1/s1. The summed E-state index contributed by atoms with van der Waals surface area (Å²) in [5, 5.41) is 9.32. The van der Waals surface area contributed by atoms with Crippen molar-refractivity contribution in [3.8, 4) is 0 Å². The maximum atomic E-state index is 9.32. The Morgan fingerprint density at radius 3 is 2.90 bits per heavy atom. The van der Waals surface area contributed by atoms with Gasteiger partial charge < -0.3 is 10.8 Å². The average molecular weight is 141 g/mol. The lowest BCUT2D eigenvalue weighted by Gasteiger charge is -2.21. The molecular weight excluding hydrogens is 126 g/mol. The zero-order valence-corrected chi connectivity index (χ0v) is 6.16. The first-order valence-electron chi connectivity index (χ1n) is 3.87. The van der Waals surface area contributed by atoms with Gasteiger partial charge in [0.2, 0.25) is 0 Å². The summed E-state index contributed by atoms with van der Waals surface area (Å²) in [6, 6.07) is 0. The zero-order chi connectivity index (χ0) is 7.40. The molecule has 0 aromatic carbocycles. The topological polar surface area (TPSA) is 46.2 Å². The summed E-state index contributed by atoms with van der Waals surface area (Å²) in [6.45, 7) is 0.401. The van der Waals surface area contributed by atoms with Gasteiger partial charge in [-0.1, -0.05) is 12.2 Å². The number of rotatable bonds is 2. The fourth-order valence-electron chi connectivity index (χ4n) is 1.36. The molecule has 1 aliphatic carbocycles. The largest absolute Gasteiger partial charge is 0.392 e. The van der Waals surface area contributed by atoms with Gasteiger partial charge in [-0.15, -0.1) is 0 Å². The fraction of sp³-hybridized carbons (Fsp3) is 0.750. The Morgan fingerprint density at radius 2 is 2.40 bits per heavy atom. The van der Waals surface area contributed by atoms with Gasteiger partial charge in [0, 0.05) is 6.54 Å². The molecule has 0 bridgehead atoms. The van der Waals surface area contributed by atoms with Crippen molar-refractivity contribution in [3.05, 3.63) is 12.2 Å². The zero-order valence-electron chi connectivity index (χ0n) is 6.16. The average Bonchev–Trinajstić information content (AvgIpc) is 2.05. The van der Waals surface area contributed by atoms with Crippen molar-refractivity contribution in [1.82, 2.24) is 0 Å². The quantitative estimate of drug-likeness (QED) is 0.555. The molecule has 0 aliphatic heterocycles. The summed E-state index contributed by atoms with van der Waals surface area (Å²) in [5.74, 6) is 0.412. The summed E-state index contributed by atoms with van der Waals surface area (Å²) in [5.41, 5.74) is 5.33. The van der Waals surface area contributed by atoms with E-state index in [1.54, 1.807) is 0 Å². The van der Waals surface area contributed by atoms with Crippen molar-refractivity contribution in [2.75, 3.05) is 6.54 Å². The smallest absolute Gasteiger partial charge is 0.0693 e. The van der Waals surface area contributed by atoms with E-state index in [9.17, 15) is 5.11 Å². The minimum atomic E-state index is -0.287. The molecule has 2 nitrogen and oxygen atoms in total. The van der Waals surface area contributed by atoms with Crippen LogP contribution >= 0.6 is 0 Å². The van der Waals surface area contributed by atoms with Crippen LogP contribution in [0.2, 0.25) is 0 Å². The third-order valence-corrected chi connectivity index (χ3v) is 2.10. The summed E-state index contributed by atoms with van der Waals surface area (Å²) in [7, 11) is 0. The molecule has 0 radical (unpaired) electrons. The van der Waals surface area contributed by atoms with Crippen molar-refractivity contribution in [2.45, 2.75) is 25.4 Å². The Bertz CT molecular complexity index is 122. The molecule has 58 valence electrons. The minimum absolute atomic E-state index is 0.287. The summed E-state index contributed by atoms with van der Waals surface area (Å²) in [4.78, 5) is 0. The molecule has 0 spiro atoms. The molecule has 0 saturated carbocycles. The highest BCUT2D eigenvalue weighted by Crippen LogP contribution is 2.20. The van der Waals surface area contributed by atoms with Gasteiger partial charge >= 0.3 is 0 Å². The summed E-state index contributed by atoms with van der Waals surface area (Å²) >= 11 is 0. The fourth-order valence-corrected chi connectivity index (χ4v) is 1.36. The van der Waals surface area contributed by atoms with Crippen LogP contribution in [0.1, 0.15) is 19.3 Å². The normalized spacial score (nSPS) is 28.4. The first-order valence-corrected chi connectivity index (χ1v) is 3.87. The highest BCUT2D eigenvalue weighted by Gasteiger charge is 2.17. The monoisotopic (exact) mass is 141 g/mol. The highest BCUT2D eigenvalue weighted by atomic mass is 16.3. The maximum Gasteiger partial charge on any atom is 0.0693 e. The lowest BCUT2D eigenvalue weighted by atomic mass is 9.89. The summed E-state index contributed by atoms with van der Waals surface area (Å²) < 4.78 is 0. The first kappa shape index (κ1) is 7.76. The van der Waals surface area contributed by atoms with Gasteiger partial charge in [0.05, 0.1) is 6.10 Å². The molecule has 1 rings (SSSR count). The van der Waals surface area contributed by atoms with E-state index in [2.05, 4.69) is 12.2 Å². The molecule has 1 aliphatic rings. The Morgan fingerprint density at radius 1 is 1.60 bits per heavy atom. The molecule has 1 unspecified atom stereocenters. The van der Waals surface area contributed by atoms with E-state index in [0.717, 1.165) is 19.3 Å². The van der Waals surface area contributed by atoms with Gasteiger partial charge in [0.15, 0.2) is 0 Å². The van der Waals surface area contributed by atoms with E-state index in [-0.39, 0.29) is 6.10 Å². The molecule has 0 saturated heterocycles. The van der Waals surface area contributed by atoms with Gasteiger partial charge in [0.25, 0.3) is 0 Å². The number of aliphatic hydroxyl groups is 1. The predicted octanol–water partition coefficient (Wildman–Crippen LogP) is 0.662. The van der Waals surface area contributed by atoms with Crippen molar-refractivity contribution in [3.63, 3.8) is 0 Å². The third kappa shape index (κ3) is 1.82. The molecule has 3 N–H and O–H groups in total. The Balaban J connectivity index is 2.33. The lowest BCUT2D eigenvalue weighted by Crippen LogP contribution is -2.29. The van der Waals surface area contributed by atoms with E-state index < -0.39 is 0 Å². The van der Waals surface area contributed by atoms with Gasteiger partial charge in [-0.05, 0) is 25.2 Å². The van der Waals surface area contributed by atoms with E-state index in [1.165, 1.54) is 0 Å². The number of hydrogen-bond donors (Lipinski definition) is 2. The molecule has 0 aromatic heterocycles. The maximum absolute atomic E-state index is 9.32.